The zero-order valence-electron chi connectivity index (χ0n) is 20.5. The van der Waals surface area contributed by atoms with E-state index in [9.17, 15) is 41.4 Å². The lowest BCUT2D eigenvalue weighted by atomic mass is 10.0. The van der Waals surface area contributed by atoms with E-state index >= 15 is 4.39 Å². The number of rotatable bonds is 4. The van der Waals surface area contributed by atoms with E-state index in [-0.39, 0.29) is 13.1 Å². The maximum Gasteiger partial charge on any atom is 0.407 e. The van der Waals surface area contributed by atoms with Crippen molar-refractivity contribution in [1.29, 1.82) is 0 Å². The number of benzene rings is 1. The molecular formula is C24H20F6N4O5. The Kier molecular flexibility index (Phi) is 6.95. The van der Waals surface area contributed by atoms with Crippen LogP contribution in [-0.4, -0.2) is 51.3 Å². The number of carbonyl (C=O) groups excluding carboxylic acids is 1. The quantitative estimate of drug-likeness (QED) is 0.283. The number of fused-ring (bicyclic) bond motifs is 1. The van der Waals surface area contributed by atoms with Crippen molar-refractivity contribution in [1.82, 2.24) is 14.7 Å². The van der Waals surface area contributed by atoms with Gasteiger partial charge in [-0.15, -0.1) is 0 Å². The number of amides is 1. The Balaban J connectivity index is 1.86. The van der Waals surface area contributed by atoms with Crippen molar-refractivity contribution in [3.63, 3.8) is 0 Å². The first-order chi connectivity index (χ1) is 18.1. The highest BCUT2D eigenvalue weighted by Gasteiger charge is 2.32. The fourth-order valence-electron chi connectivity index (χ4n) is 4.13. The number of nitrogens with one attached hydrogen (secondary N) is 1. The van der Waals surface area contributed by atoms with Crippen molar-refractivity contribution in [2.45, 2.75) is 38.8 Å². The topological polar surface area (TPSA) is 113 Å². The summed E-state index contributed by atoms with van der Waals surface area (Å²) < 4.78 is 91.6. The number of pyridine rings is 1. The molecule has 1 aromatic carbocycles. The van der Waals surface area contributed by atoms with Crippen molar-refractivity contribution >= 4 is 23.5 Å². The predicted molar refractivity (Wildman–Crippen MR) is 124 cm³/mol. The van der Waals surface area contributed by atoms with E-state index < -0.39 is 92.3 Å². The number of anilines is 1. The molecule has 1 saturated heterocycles. The van der Waals surface area contributed by atoms with Crippen molar-refractivity contribution in [3.05, 3.63) is 63.1 Å². The van der Waals surface area contributed by atoms with Gasteiger partial charge in [-0.1, -0.05) is 0 Å². The van der Waals surface area contributed by atoms with Gasteiger partial charge in [0.1, 0.15) is 16.8 Å². The minimum atomic E-state index is -2.45. The second-order valence-corrected chi connectivity index (χ2v) is 9.71. The maximum atomic E-state index is 15.1. The molecule has 1 fully saturated rings. The van der Waals surface area contributed by atoms with Gasteiger partial charge in [0.2, 0.25) is 5.82 Å². The number of halogens is 6. The molecule has 1 aliphatic rings. The zero-order chi connectivity index (χ0) is 29.0. The molecule has 0 aliphatic carbocycles. The van der Waals surface area contributed by atoms with Crippen LogP contribution in [0, 0.1) is 34.9 Å². The molecule has 39 heavy (non-hydrogen) atoms. The van der Waals surface area contributed by atoms with E-state index in [0.29, 0.717) is 23.1 Å². The smallest absolute Gasteiger partial charge is 0.407 e. The van der Waals surface area contributed by atoms with Crippen molar-refractivity contribution in [3.8, 4) is 11.1 Å². The number of carbonyl (C=O) groups is 2. The van der Waals surface area contributed by atoms with Gasteiger partial charge in [-0.05, 0) is 33.3 Å². The molecule has 15 heteroatoms. The number of alkyl carbamates (subject to hydrolysis) is 1. The average Bonchev–Trinajstić information content (AvgIpc) is 3.29. The summed E-state index contributed by atoms with van der Waals surface area (Å²) in [5, 5.41) is 12.0. The highest BCUT2D eigenvalue weighted by Crippen LogP contribution is 2.35. The molecule has 1 amide bonds. The summed E-state index contributed by atoms with van der Waals surface area (Å²) >= 11 is 0. The van der Waals surface area contributed by atoms with Crippen LogP contribution in [0.5, 0.6) is 0 Å². The van der Waals surface area contributed by atoms with Crippen LogP contribution in [0.15, 0.2) is 17.1 Å². The third-order valence-corrected chi connectivity index (χ3v) is 5.79. The van der Waals surface area contributed by atoms with Crippen LogP contribution < -0.4 is 15.8 Å². The Labute approximate surface area is 215 Å². The minimum Gasteiger partial charge on any atom is -0.477 e. The van der Waals surface area contributed by atoms with Crippen LogP contribution in [-0.2, 0) is 4.74 Å². The van der Waals surface area contributed by atoms with Gasteiger partial charge in [0.25, 0.3) is 5.56 Å². The van der Waals surface area contributed by atoms with E-state index in [1.807, 2.05) is 0 Å². The molecule has 3 heterocycles. The molecule has 2 N–H and O–H groups in total. The number of nitrogens with zero attached hydrogens (tertiary/aromatic N) is 3. The lowest BCUT2D eigenvalue weighted by molar-refractivity contribution is 0.0508. The van der Waals surface area contributed by atoms with Crippen LogP contribution in [0.4, 0.5) is 37.0 Å². The van der Waals surface area contributed by atoms with Gasteiger partial charge < -0.3 is 20.1 Å². The second kappa shape index (κ2) is 9.78. The number of aromatic nitrogens is 2. The van der Waals surface area contributed by atoms with Crippen LogP contribution in [0.25, 0.3) is 16.8 Å². The highest BCUT2D eigenvalue weighted by atomic mass is 19.2. The molecule has 208 valence electrons. The minimum absolute atomic E-state index is 0.0192. The van der Waals surface area contributed by atoms with E-state index in [0.717, 1.165) is 0 Å². The van der Waals surface area contributed by atoms with Crippen molar-refractivity contribution in [2.75, 3.05) is 18.0 Å². The number of carboxylic acid groups (broad SMARTS) is 1. The van der Waals surface area contributed by atoms with Gasteiger partial charge in [-0.2, -0.15) is 0 Å². The molecule has 3 aromatic rings. The fraction of sp³-hybridized carbons (Fsp3) is 0.333. The van der Waals surface area contributed by atoms with Crippen LogP contribution in [0.2, 0.25) is 0 Å². The summed E-state index contributed by atoms with van der Waals surface area (Å²) in [5.74, 6) is -15.2. The summed E-state index contributed by atoms with van der Waals surface area (Å²) in [4.78, 5) is 41.6. The Hall–Kier alpha value is -4.30. The number of carboxylic acids is 1. The van der Waals surface area contributed by atoms with Crippen LogP contribution >= 0.6 is 0 Å². The molecule has 0 saturated carbocycles. The molecule has 0 radical (unpaired) electrons. The molecule has 2 aromatic heterocycles. The Morgan fingerprint density at radius 2 is 1.64 bits per heavy atom. The van der Waals surface area contributed by atoms with Gasteiger partial charge in [-0.25, -0.2) is 40.9 Å². The van der Waals surface area contributed by atoms with Gasteiger partial charge in [0.15, 0.2) is 34.9 Å². The van der Waals surface area contributed by atoms with E-state index in [4.69, 9.17) is 4.74 Å². The first kappa shape index (κ1) is 27.7. The van der Waals surface area contributed by atoms with Gasteiger partial charge in [-0.3, -0.25) is 9.20 Å². The molecule has 4 rings (SSSR count). The average molecular weight is 558 g/mol. The van der Waals surface area contributed by atoms with E-state index in [1.54, 1.807) is 20.8 Å². The molecule has 1 atom stereocenters. The molecular weight excluding hydrogens is 538 g/mol. The van der Waals surface area contributed by atoms with Crippen LogP contribution in [0.1, 0.15) is 37.6 Å². The first-order valence-corrected chi connectivity index (χ1v) is 11.4. The Morgan fingerprint density at radius 1 is 1.05 bits per heavy atom. The van der Waals surface area contributed by atoms with E-state index in [1.165, 1.54) is 4.90 Å². The molecule has 1 aliphatic heterocycles. The fourth-order valence-corrected chi connectivity index (χ4v) is 4.13. The number of ether oxygens (including phenoxy) is 1. The summed E-state index contributed by atoms with van der Waals surface area (Å²) in [6.45, 7) is 5.05. The van der Waals surface area contributed by atoms with Gasteiger partial charge >= 0.3 is 12.1 Å². The summed E-state index contributed by atoms with van der Waals surface area (Å²) in [7, 11) is 0. The number of hydrogen-bond donors (Lipinski definition) is 2. The largest absolute Gasteiger partial charge is 0.477 e. The monoisotopic (exact) mass is 558 g/mol. The Morgan fingerprint density at radius 3 is 2.21 bits per heavy atom. The number of hydrogen-bond acceptors (Lipinski definition) is 6. The predicted octanol–water partition coefficient (Wildman–Crippen LogP) is 4.00. The Bertz CT molecular complexity index is 1560. The zero-order valence-corrected chi connectivity index (χ0v) is 20.5. The second-order valence-electron chi connectivity index (χ2n) is 9.71. The van der Waals surface area contributed by atoms with Crippen LogP contribution in [0.3, 0.4) is 0 Å². The molecule has 0 bridgehead atoms. The summed E-state index contributed by atoms with van der Waals surface area (Å²) in [6.07, 6.45) is 0.0554. The SMILES string of the molecule is CC(C)(C)OC(=O)NC1CCN(c2nc3c(-c4c(F)c(F)c(F)c(F)c4F)cc(C(=O)O)c(=O)n3cc2F)C1. The maximum absolute atomic E-state index is 15.1. The van der Waals surface area contributed by atoms with Crippen molar-refractivity contribution < 1.29 is 45.8 Å². The lowest BCUT2D eigenvalue weighted by Crippen LogP contribution is -2.40. The van der Waals surface area contributed by atoms with Crippen molar-refractivity contribution in [2.24, 2.45) is 0 Å². The third-order valence-electron chi connectivity index (χ3n) is 5.79. The molecule has 0 spiro atoms. The molecule has 9 nitrogen and oxygen atoms in total. The standard InChI is InChI=1S/C24H20F6N4O5/c1-24(2,3)39-23(38)31-9-4-5-33(7-9)20-12(25)8-34-19(32-20)10(6-11(21(34)35)22(36)37)13-14(26)16(28)18(30)17(29)15(13)27/h6,8-9H,4-5,7H2,1-3H3,(H,31,38)(H,36,37). The highest BCUT2D eigenvalue weighted by molar-refractivity contribution is 5.92. The summed E-state index contributed by atoms with van der Waals surface area (Å²) in [6, 6.07) is -0.132. The normalized spacial score (nSPS) is 15.6. The molecule has 1 unspecified atom stereocenters. The number of aromatic carboxylic acids is 1. The third kappa shape index (κ3) is 5.07. The van der Waals surface area contributed by atoms with Gasteiger partial charge in [0, 0.05) is 18.7 Å². The van der Waals surface area contributed by atoms with Gasteiger partial charge in [0.05, 0.1) is 17.8 Å². The van der Waals surface area contributed by atoms with E-state index in [2.05, 4.69) is 10.3 Å². The first-order valence-electron chi connectivity index (χ1n) is 11.4. The lowest BCUT2D eigenvalue weighted by Gasteiger charge is -2.22. The summed E-state index contributed by atoms with van der Waals surface area (Å²) in [5.41, 5.74) is -6.56.